The predicted molar refractivity (Wildman–Crippen MR) is 144 cm³/mol. The number of ether oxygens (including phenoxy) is 2. The van der Waals surface area contributed by atoms with Crippen LogP contribution in [0.3, 0.4) is 0 Å². The van der Waals surface area contributed by atoms with Crippen molar-refractivity contribution >= 4 is 11.8 Å². The minimum atomic E-state index is -0.487. The second kappa shape index (κ2) is 11.0. The van der Waals surface area contributed by atoms with E-state index in [1.807, 2.05) is 44.0 Å². The highest BCUT2D eigenvalue weighted by molar-refractivity contribution is 5.68. The SMILES string of the molecule is COc1ccc(N(Cc2ccnc(-c3ccccc3C)c2)C2CCN(C(=O)OC(C)(C)C)CC2)cc1. The van der Waals surface area contributed by atoms with Gasteiger partial charge in [-0.2, -0.15) is 0 Å². The molecule has 0 aliphatic carbocycles. The summed E-state index contributed by atoms with van der Waals surface area (Å²) < 4.78 is 11.0. The van der Waals surface area contributed by atoms with Crippen LogP contribution < -0.4 is 9.64 Å². The van der Waals surface area contributed by atoms with Gasteiger partial charge in [-0.15, -0.1) is 0 Å². The number of hydrogen-bond acceptors (Lipinski definition) is 5. The number of amides is 1. The van der Waals surface area contributed by atoms with Crippen LogP contribution in [-0.2, 0) is 11.3 Å². The number of nitrogens with zero attached hydrogens (tertiary/aromatic N) is 3. The monoisotopic (exact) mass is 487 g/mol. The third kappa shape index (κ3) is 6.36. The molecule has 36 heavy (non-hydrogen) atoms. The molecule has 1 aromatic heterocycles. The lowest BCUT2D eigenvalue weighted by atomic mass is 10.0. The molecule has 1 aliphatic rings. The molecule has 6 nitrogen and oxygen atoms in total. The highest BCUT2D eigenvalue weighted by Crippen LogP contribution is 2.29. The highest BCUT2D eigenvalue weighted by atomic mass is 16.6. The summed E-state index contributed by atoms with van der Waals surface area (Å²) in [6.07, 6.45) is 3.42. The van der Waals surface area contributed by atoms with Crippen molar-refractivity contribution in [2.45, 2.75) is 58.7 Å². The molecule has 4 rings (SSSR count). The topological polar surface area (TPSA) is 54.9 Å². The number of carbonyl (C=O) groups excluding carboxylic acids is 1. The van der Waals surface area contributed by atoms with Crippen LogP contribution in [0.25, 0.3) is 11.3 Å². The van der Waals surface area contributed by atoms with Crippen LogP contribution in [-0.4, -0.2) is 47.8 Å². The summed E-state index contributed by atoms with van der Waals surface area (Å²) >= 11 is 0. The van der Waals surface area contributed by atoms with Crippen LogP contribution in [0, 0.1) is 6.92 Å². The second-order valence-electron chi connectivity index (χ2n) is 10.4. The summed E-state index contributed by atoms with van der Waals surface area (Å²) in [6.45, 7) is 9.94. The Morgan fingerprint density at radius 1 is 1.06 bits per heavy atom. The summed E-state index contributed by atoms with van der Waals surface area (Å²) in [7, 11) is 1.68. The Balaban J connectivity index is 1.55. The number of pyridine rings is 1. The van der Waals surface area contributed by atoms with Crippen LogP contribution >= 0.6 is 0 Å². The van der Waals surface area contributed by atoms with Crippen molar-refractivity contribution in [2.24, 2.45) is 0 Å². The average molecular weight is 488 g/mol. The molecular weight excluding hydrogens is 450 g/mol. The van der Waals surface area contributed by atoms with E-state index in [0.717, 1.165) is 42.1 Å². The Morgan fingerprint density at radius 3 is 2.39 bits per heavy atom. The zero-order chi connectivity index (χ0) is 25.7. The minimum absolute atomic E-state index is 0.228. The largest absolute Gasteiger partial charge is 0.497 e. The van der Waals surface area contributed by atoms with Crippen molar-refractivity contribution < 1.29 is 14.3 Å². The zero-order valence-electron chi connectivity index (χ0n) is 22.0. The van der Waals surface area contributed by atoms with Crippen LogP contribution in [0.2, 0.25) is 0 Å². The Morgan fingerprint density at radius 2 is 1.75 bits per heavy atom. The zero-order valence-corrected chi connectivity index (χ0v) is 22.0. The van der Waals surface area contributed by atoms with E-state index in [2.05, 4.69) is 65.3 Å². The minimum Gasteiger partial charge on any atom is -0.497 e. The van der Waals surface area contributed by atoms with Crippen LogP contribution in [0.15, 0.2) is 66.9 Å². The van der Waals surface area contributed by atoms with E-state index in [1.165, 1.54) is 11.1 Å². The van der Waals surface area contributed by atoms with Crippen LogP contribution in [0.4, 0.5) is 10.5 Å². The van der Waals surface area contributed by atoms with Crippen LogP contribution in [0.5, 0.6) is 5.75 Å². The molecule has 3 aromatic rings. The number of aromatic nitrogens is 1. The van der Waals surface area contributed by atoms with Crippen molar-refractivity contribution in [1.29, 1.82) is 0 Å². The maximum absolute atomic E-state index is 12.6. The van der Waals surface area contributed by atoms with Gasteiger partial charge in [0, 0.05) is 43.1 Å². The first-order valence-corrected chi connectivity index (χ1v) is 12.6. The molecule has 0 saturated carbocycles. The summed E-state index contributed by atoms with van der Waals surface area (Å²) in [5.74, 6) is 0.837. The molecule has 0 N–H and O–H groups in total. The maximum atomic E-state index is 12.6. The van der Waals surface area contributed by atoms with Crippen molar-refractivity contribution in [3.05, 3.63) is 78.0 Å². The number of carbonyl (C=O) groups is 1. The third-order valence-electron chi connectivity index (χ3n) is 6.56. The molecule has 1 saturated heterocycles. The number of piperidine rings is 1. The van der Waals surface area contributed by atoms with Gasteiger partial charge in [0.2, 0.25) is 0 Å². The normalized spacial score (nSPS) is 14.4. The van der Waals surface area contributed by atoms with E-state index < -0.39 is 5.60 Å². The molecule has 0 bridgehead atoms. The van der Waals surface area contributed by atoms with Crippen molar-refractivity contribution in [3.8, 4) is 17.0 Å². The Hall–Kier alpha value is -3.54. The second-order valence-corrected chi connectivity index (χ2v) is 10.4. The van der Waals surface area contributed by atoms with Gasteiger partial charge in [-0.25, -0.2) is 4.79 Å². The lowest BCUT2D eigenvalue weighted by Gasteiger charge is -2.40. The maximum Gasteiger partial charge on any atom is 0.410 e. The van der Waals surface area contributed by atoms with Gasteiger partial charge in [0.05, 0.1) is 12.8 Å². The standard InChI is InChI=1S/C30H37N3O3/c1-22-8-6-7-9-27(22)28-20-23(14-17-31-28)21-33(24-10-12-26(35-5)13-11-24)25-15-18-32(19-16-25)29(34)36-30(2,3)4/h6-14,17,20,25H,15-16,18-19,21H2,1-5H3. The molecule has 6 heteroatoms. The summed E-state index contributed by atoms with van der Waals surface area (Å²) in [5.41, 5.74) is 5.21. The third-order valence-corrected chi connectivity index (χ3v) is 6.56. The van der Waals surface area contributed by atoms with Gasteiger partial charge in [0.1, 0.15) is 11.4 Å². The first-order valence-electron chi connectivity index (χ1n) is 12.6. The van der Waals surface area contributed by atoms with E-state index in [4.69, 9.17) is 9.47 Å². The molecule has 190 valence electrons. The Kier molecular flexibility index (Phi) is 7.82. The Labute approximate surface area is 214 Å². The van der Waals surface area contributed by atoms with E-state index in [9.17, 15) is 4.79 Å². The molecular formula is C30H37N3O3. The van der Waals surface area contributed by atoms with Gasteiger partial charge in [-0.3, -0.25) is 4.98 Å². The fourth-order valence-electron chi connectivity index (χ4n) is 4.67. The number of benzene rings is 2. The van der Waals surface area contributed by atoms with E-state index >= 15 is 0 Å². The molecule has 1 fully saturated rings. The molecule has 0 atom stereocenters. The van der Waals surface area contributed by atoms with Crippen molar-refractivity contribution in [1.82, 2.24) is 9.88 Å². The van der Waals surface area contributed by atoms with Crippen LogP contribution in [0.1, 0.15) is 44.7 Å². The number of anilines is 1. The van der Waals surface area contributed by atoms with Gasteiger partial charge >= 0.3 is 6.09 Å². The summed E-state index contributed by atoms with van der Waals surface area (Å²) in [6, 6.07) is 21.2. The van der Waals surface area contributed by atoms with E-state index in [0.29, 0.717) is 19.1 Å². The van der Waals surface area contributed by atoms with Crippen molar-refractivity contribution in [2.75, 3.05) is 25.1 Å². The van der Waals surface area contributed by atoms with E-state index in [1.54, 1.807) is 7.11 Å². The molecule has 2 heterocycles. The molecule has 0 unspecified atom stereocenters. The van der Waals surface area contributed by atoms with E-state index in [-0.39, 0.29) is 6.09 Å². The number of rotatable bonds is 6. The average Bonchev–Trinajstić information content (AvgIpc) is 2.87. The summed E-state index contributed by atoms with van der Waals surface area (Å²) in [4.78, 5) is 21.5. The number of hydrogen-bond donors (Lipinski definition) is 0. The van der Waals surface area contributed by atoms with Gasteiger partial charge in [-0.1, -0.05) is 24.3 Å². The number of aryl methyl sites for hydroxylation is 1. The first kappa shape index (κ1) is 25.5. The first-order chi connectivity index (χ1) is 17.2. The summed E-state index contributed by atoms with van der Waals surface area (Å²) in [5, 5.41) is 0. The smallest absolute Gasteiger partial charge is 0.410 e. The molecule has 2 aromatic carbocycles. The fraction of sp³-hybridized carbons (Fsp3) is 0.400. The molecule has 1 amide bonds. The number of likely N-dealkylation sites (tertiary alicyclic amines) is 1. The quantitative estimate of drug-likeness (QED) is 0.399. The molecule has 0 spiro atoms. The van der Waals surface area contributed by atoms with Gasteiger partial charge in [0.25, 0.3) is 0 Å². The van der Waals surface area contributed by atoms with Gasteiger partial charge in [-0.05, 0) is 88.1 Å². The molecule has 0 radical (unpaired) electrons. The molecule has 1 aliphatic heterocycles. The lowest BCUT2D eigenvalue weighted by Crippen LogP contribution is -2.48. The number of methoxy groups -OCH3 is 1. The van der Waals surface area contributed by atoms with Gasteiger partial charge < -0.3 is 19.3 Å². The van der Waals surface area contributed by atoms with Crippen molar-refractivity contribution in [3.63, 3.8) is 0 Å². The predicted octanol–water partition coefficient (Wildman–Crippen LogP) is 6.47. The lowest BCUT2D eigenvalue weighted by molar-refractivity contribution is 0.0204. The Bertz CT molecular complexity index is 1160. The highest BCUT2D eigenvalue weighted by Gasteiger charge is 2.30. The van der Waals surface area contributed by atoms with Gasteiger partial charge in [0.15, 0.2) is 0 Å². The fourth-order valence-corrected chi connectivity index (χ4v) is 4.67.